The van der Waals surface area contributed by atoms with Crippen molar-refractivity contribution in [3.8, 4) is 0 Å². The fourth-order valence-electron chi connectivity index (χ4n) is 2.09. The molecule has 2 rings (SSSR count). The van der Waals surface area contributed by atoms with Crippen LogP contribution in [0.5, 0.6) is 0 Å². The Bertz CT molecular complexity index is 446. The van der Waals surface area contributed by atoms with Crippen LogP contribution >= 0.6 is 0 Å². The average molecular weight is 249 g/mol. The second-order valence-electron chi connectivity index (χ2n) is 4.28. The lowest BCUT2D eigenvalue weighted by Gasteiger charge is -2.15. The maximum atomic E-state index is 11.8. The van der Waals surface area contributed by atoms with Gasteiger partial charge in [0.1, 0.15) is 12.0 Å². The molecule has 0 spiro atoms. The molecule has 18 heavy (non-hydrogen) atoms. The van der Waals surface area contributed by atoms with E-state index >= 15 is 0 Å². The van der Waals surface area contributed by atoms with Crippen LogP contribution in [0.1, 0.15) is 5.56 Å². The maximum Gasteiger partial charge on any atom is 0.313 e. The quantitative estimate of drug-likeness (QED) is 0.776. The van der Waals surface area contributed by atoms with E-state index in [-0.39, 0.29) is 6.54 Å². The summed E-state index contributed by atoms with van der Waals surface area (Å²) in [7, 11) is 1.25. The molecule has 1 aromatic carbocycles. The number of ether oxygens (including phenoxy) is 1. The summed E-state index contributed by atoms with van der Waals surface area (Å²) in [5.41, 5.74) is 0.962. The van der Waals surface area contributed by atoms with Crippen molar-refractivity contribution in [3.05, 3.63) is 35.9 Å². The van der Waals surface area contributed by atoms with Crippen LogP contribution in [-0.2, 0) is 20.9 Å². The van der Waals surface area contributed by atoms with E-state index in [0.29, 0.717) is 6.54 Å². The van der Waals surface area contributed by atoms with E-state index in [1.165, 1.54) is 12.0 Å². The van der Waals surface area contributed by atoms with E-state index in [4.69, 9.17) is 0 Å². The highest BCUT2D eigenvalue weighted by atomic mass is 16.5. The summed E-state index contributed by atoms with van der Waals surface area (Å²) in [6.07, 6.45) is -1.29. The van der Waals surface area contributed by atoms with Crippen LogP contribution in [-0.4, -0.2) is 41.6 Å². The summed E-state index contributed by atoms with van der Waals surface area (Å²) in [6, 6.07) is 9.44. The predicted molar refractivity (Wildman–Crippen MR) is 63.4 cm³/mol. The molecule has 1 heterocycles. The lowest BCUT2D eigenvalue weighted by atomic mass is 10.1. The Labute approximate surface area is 105 Å². The zero-order chi connectivity index (χ0) is 13.1. The van der Waals surface area contributed by atoms with Gasteiger partial charge in [0, 0.05) is 13.1 Å². The number of hydrogen-bond donors (Lipinski definition) is 1. The molecule has 1 N–H and O–H groups in total. The molecule has 1 amide bonds. The number of rotatable bonds is 3. The van der Waals surface area contributed by atoms with Gasteiger partial charge in [0.05, 0.1) is 7.11 Å². The van der Waals surface area contributed by atoms with E-state index in [9.17, 15) is 14.7 Å². The molecule has 5 heteroatoms. The van der Waals surface area contributed by atoms with Crippen molar-refractivity contribution in [1.29, 1.82) is 0 Å². The number of methoxy groups -OCH3 is 1. The molecule has 5 nitrogen and oxygen atoms in total. The minimum Gasteiger partial charge on any atom is -0.469 e. The standard InChI is InChI=1S/C13H15NO4/c1-18-13(17)10-8-14(12(16)11(10)15)7-9-5-3-2-4-6-9/h2-6,10-11,15H,7-8H2,1H3/t10-,11+/m0/s1. The molecule has 1 fully saturated rings. The number of likely N-dealkylation sites (tertiary alicyclic amines) is 1. The summed E-state index contributed by atoms with van der Waals surface area (Å²) in [4.78, 5) is 24.7. The second-order valence-corrected chi connectivity index (χ2v) is 4.28. The number of carbonyl (C=O) groups excluding carboxylic acids is 2. The monoisotopic (exact) mass is 249 g/mol. The van der Waals surface area contributed by atoms with Gasteiger partial charge in [-0.05, 0) is 5.56 Å². The van der Waals surface area contributed by atoms with E-state index < -0.39 is 23.9 Å². The third-order valence-electron chi connectivity index (χ3n) is 3.08. The first-order chi connectivity index (χ1) is 8.63. The number of hydrogen-bond acceptors (Lipinski definition) is 4. The van der Waals surface area contributed by atoms with Crippen LogP contribution in [0.3, 0.4) is 0 Å². The summed E-state index contributed by atoms with van der Waals surface area (Å²) in [5.74, 6) is -1.76. The molecular formula is C13H15NO4. The van der Waals surface area contributed by atoms with Crippen LogP contribution in [0.15, 0.2) is 30.3 Å². The fourth-order valence-corrected chi connectivity index (χ4v) is 2.09. The minimum absolute atomic E-state index is 0.196. The lowest BCUT2D eigenvalue weighted by molar-refractivity contribution is -0.150. The van der Waals surface area contributed by atoms with E-state index in [1.807, 2.05) is 30.3 Å². The molecule has 2 atom stereocenters. The number of esters is 1. The van der Waals surface area contributed by atoms with Gasteiger partial charge in [0.25, 0.3) is 5.91 Å². The van der Waals surface area contributed by atoms with Crippen molar-refractivity contribution in [2.75, 3.05) is 13.7 Å². The largest absolute Gasteiger partial charge is 0.469 e. The van der Waals surface area contributed by atoms with Gasteiger partial charge in [-0.2, -0.15) is 0 Å². The number of benzene rings is 1. The van der Waals surface area contributed by atoms with Gasteiger partial charge in [-0.15, -0.1) is 0 Å². The van der Waals surface area contributed by atoms with Crippen molar-refractivity contribution < 1.29 is 19.4 Å². The average Bonchev–Trinajstić information content (AvgIpc) is 2.67. The Hall–Kier alpha value is -1.88. The fraction of sp³-hybridized carbons (Fsp3) is 0.385. The van der Waals surface area contributed by atoms with Gasteiger partial charge in [0.2, 0.25) is 0 Å². The first-order valence-corrected chi connectivity index (χ1v) is 5.72. The van der Waals surface area contributed by atoms with E-state index in [0.717, 1.165) is 5.56 Å². The molecule has 0 unspecified atom stereocenters. The number of carbonyl (C=O) groups is 2. The number of aliphatic hydroxyl groups is 1. The molecule has 0 radical (unpaired) electrons. The SMILES string of the molecule is COC(=O)[C@H]1CN(Cc2ccccc2)C(=O)[C@@H]1O. The van der Waals surface area contributed by atoms with Gasteiger partial charge >= 0.3 is 5.97 Å². The highest BCUT2D eigenvalue weighted by Crippen LogP contribution is 2.21. The Balaban J connectivity index is 2.07. The number of amides is 1. The van der Waals surface area contributed by atoms with Gasteiger partial charge in [-0.1, -0.05) is 30.3 Å². The second kappa shape index (κ2) is 5.18. The van der Waals surface area contributed by atoms with Crippen LogP contribution in [0.4, 0.5) is 0 Å². The van der Waals surface area contributed by atoms with Crippen molar-refractivity contribution in [3.63, 3.8) is 0 Å². The summed E-state index contributed by atoms with van der Waals surface area (Å²) < 4.78 is 4.57. The Morgan fingerprint density at radius 3 is 2.72 bits per heavy atom. The Morgan fingerprint density at radius 1 is 1.44 bits per heavy atom. The smallest absolute Gasteiger partial charge is 0.313 e. The van der Waals surface area contributed by atoms with Crippen LogP contribution < -0.4 is 0 Å². The molecule has 0 aromatic heterocycles. The highest BCUT2D eigenvalue weighted by molar-refractivity contribution is 5.90. The van der Waals surface area contributed by atoms with Crippen LogP contribution in [0.25, 0.3) is 0 Å². The van der Waals surface area contributed by atoms with Crippen LogP contribution in [0, 0.1) is 5.92 Å². The third kappa shape index (κ3) is 2.36. The van der Waals surface area contributed by atoms with Gasteiger partial charge in [-0.3, -0.25) is 9.59 Å². The molecule has 96 valence electrons. The molecule has 0 bridgehead atoms. The first kappa shape index (κ1) is 12.6. The maximum absolute atomic E-state index is 11.8. The Kier molecular flexibility index (Phi) is 3.62. The molecule has 0 saturated carbocycles. The minimum atomic E-state index is -1.29. The molecule has 1 aromatic rings. The van der Waals surface area contributed by atoms with Crippen LogP contribution in [0.2, 0.25) is 0 Å². The van der Waals surface area contributed by atoms with Gasteiger partial charge < -0.3 is 14.7 Å². The van der Waals surface area contributed by atoms with Crippen molar-refractivity contribution in [1.82, 2.24) is 4.90 Å². The van der Waals surface area contributed by atoms with Crippen molar-refractivity contribution >= 4 is 11.9 Å². The highest BCUT2D eigenvalue weighted by Gasteiger charge is 2.43. The molecule has 0 aliphatic carbocycles. The summed E-state index contributed by atoms with van der Waals surface area (Å²) >= 11 is 0. The van der Waals surface area contributed by atoms with Gasteiger partial charge in [-0.25, -0.2) is 0 Å². The van der Waals surface area contributed by atoms with Crippen molar-refractivity contribution in [2.45, 2.75) is 12.6 Å². The zero-order valence-corrected chi connectivity index (χ0v) is 10.1. The topological polar surface area (TPSA) is 66.8 Å². The normalized spacial score (nSPS) is 23.2. The first-order valence-electron chi connectivity index (χ1n) is 5.72. The zero-order valence-electron chi connectivity index (χ0n) is 10.1. The molecule has 1 aliphatic heterocycles. The molecule has 1 aliphatic rings. The predicted octanol–water partition coefficient (Wildman–Crippen LogP) is 0.179. The number of aliphatic hydroxyl groups excluding tert-OH is 1. The van der Waals surface area contributed by atoms with E-state index in [2.05, 4.69) is 4.74 Å². The summed E-state index contributed by atoms with van der Waals surface area (Å²) in [6.45, 7) is 0.589. The van der Waals surface area contributed by atoms with E-state index in [1.54, 1.807) is 0 Å². The lowest BCUT2D eigenvalue weighted by Crippen LogP contribution is -2.30. The molecular weight excluding hydrogens is 234 g/mol. The molecule has 1 saturated heterocycles. The van der Waals surface area contributed by atoms with Gasteiger partial charge in [0.15, 0.2) is 0 Å². The summed E-state index contributed by atoms with van der Waals surface area (Å²) in [5, 5.41) is 9.72. The Morgan fingerprint density at radius 2 is 2.11 bits per heavy atom. The van der Waals surface area contributed by atoms with Crippen molar-refractivity contribution in [2.24, 2.45) is 5.92 Å². The number of nitrogens with zero attached hydrogens (tertiary/aromatic N) is 1. The third-order valence-corrected chi connectivity index (χ3v) is 3.08.